The van der Waals surface area contributed by atoms with Crippen molar-refractivity contribution in [2.24, 2.45) is 0 Å². The van der Waals surface area contributed by atoms with Gasteiger partial charge in [-0.05, 0) is 30.0 Å². The molecule has 0 bridgehead atoms. The molecule has 0 radical (unpaired) electrons. The van der Waals surface area contributed by atoms with Gasteiger partial charge in [0.2, 0.25) is 5.91 Å². The maximum atomic E-state index is 11.7. The van der Waals surface area contributed by atoms with Crippen LogP contribution in [0.25, 0.3) is 5.57 Å². The zero-order chi connectivity index (χ0) is 9.54. The predicted octanol–water partition coefficient (Wildman–Crippen LogP) is 1.06. The van der Waals surface area contributed by atoms with E-state index >= 15 is 0 Å². The van der Waals surface area contributed by atoms with Gasteiger partial charge in [-0.25, -0.2) is 0 Å². The van der Waals surface area contributed by atoms with Gasteiger partial charge in [-0.15, -0.1) is 0 Å². The fraction of sp³-hybridized carbons (Fsp3) is 0.364. The normalized spacial score (nSPS) is 20.0. The van der Waals surface area contributed by atoms with Crippen LogP contribution in [0, 0.1) is 0 Å². The first-order valence-electron chi connectivity index (χ1n) is 5.00. The molecule has 0 spiro atoms. The highest BCUT2D eigenvalue weighted by Gasteiger charge is 2.22. The van der Waals surface area contributed by atoms with Gasteiger partial charge in [0.25, 0.3) is 0 Å². The Hall–Kier alpha value is -1.35. The second kappa shape index (κ2) is 2.82. The number of nitrogens with one attached hydrogen (secondary N) is 1. The van der Waals surface area contributed by atoms with Crippen LogP contribution in [0.5, 0.6) is 0 Å². The molecule has 0 unspecified atom stereocenters. The Morgan fingerprint density at radius 3 is 3.21 bits per heavy atom. The molecule has 1 aliphatic carbocycles. The summed E-state index contributed by atoms with van der Waals surface area (Å²) in [5, 5.41) is 3.15. The second-order valence-electron chi connectivity index (χ2n) is 3.82. The molecule has 1 N–H and O–H groups in total. The van der Waals surface area contributed by atoms with Gasteiger partial charge in [0.05, 0.1) is 12.2 Å². The van der Waals surface area contributed by atoms with Gasteiger partial charge < -0.3 is 5.32 Å². The zero-order valence-electron chi connectivity index (χ0n) is 7.92. The Kier molecular flexibility index (Phi) is 1.61. The summed E-state index contributed by atoms with van der Waals surface area (Å²) in [6.07, 6.45) is 6.31. The van der Waals surface area contributed by atoms with Crippen molar-refractivity contribution in [1.82, 2.24) is 9.88 Å². The van der Waals surface area contributed by atoms with Gasteiger partial charge in [-0.2, -0.15) is 0 Å². The highest BCUT2D eigenvalue weighted by molar-refractivity contribution is 5.88. The van der Waals surface area contributed by atoms with Crippen LogP contribution in [0.2, 0.25) is 0 Å². The van der Waals surface area contributed by atoms with E-state index in [0.29, 0.717) is 6.54 Å². The number of carbonyl (C=O) groups is 1. The average Bonchev–Trinajstić information content (AvgIpc) is 2.54. The number of carbonyl (C=O) groups excluding carboxylic acids is 1. The Morgan fingerprint density at radius 1 is 1.36 bits per heavy atom. The van der Waals surface area contributed by atoms with Crippen LogP contribution in [0.4, 0.5) is 0 Å². The molecule has 3 rings (SSSR count). The summed E-state index contributed by atoms with van der Waals surface area (Å²) in [4.78, 5) is 11.7. The summed E-state index contributed by atoms with van der Waals surface area (Å²) < 4.78 is 1.79. The first kappa shape index (κ1) is 8.00. The molecule has 1 aromatic heterocycles. The molecule has 0 atom stereocenters. The molecule has 0 fully saturated rings. The molecule has 2 heterocycles. The van der Waals surface area contributed by atoms with Gasteiger partial charge in [0.1, 0.15) is 0 Å². The minimum absolute atomic E-state index is 0.150. The lowest BCUT2D eigenvalue weighted by Gasteiger charge is -2.13. The summed E-state index contributed by atoms with van der Waals surface area (Å²) >= 11 is 0. The van der Waals surface area contributed by atoms with Crippen molar-refractivity contribution in [2.45, 2.75) is 12.8 Å². The molecule has 1 aromatic rings. The van der Waals surface area contributed by atoms with Crippen LogP contribution in [0.15, 0.2) is 18.3 Å². The molecule has 0 amide bonds. The van der Waals surface area contributed by atoms with Crippen LogP contribution in [-0.4, -0.2) is 23.6 Å². The number of nitrogens with zero attached hydrogens (tertiary/aromatic N) is 1. The molecule has 0 aromatic carbocycles. The molecule has 3 heteroatoms. The summed E-state index contributed by atoms with van der Waals surface area (Å²) in [7, 11) is 0. The van der Waals surface area contributed by atoms with E-state index < -0.39 is 0 Å². The van der Waals surface area contributed by atoms with Gasteiger partial charge >= 0.3 is 0 Å². The van der Waals surface area contributed by atoms with E-state index in [1.807, 2.05) is 6.20 Å². The topological polar surface area (TPSA) is 34.0 Å². The van der Waals surface area contributed by atoms with Crippen molar-refractivity contribution < 1.29 is 4.79 Å². The van der Waals surface area contributed by atoms with Crippen LogP contribution in [0.1, 0.15) is 22.5 Å². The van der Waals surface area contributed by atoms with Crippen LogP contribution < -0.4 is 5.32 Å². The number of allylic oxidation sites excluding steroid dienone is 1. The standard InChI is InChI=1S/C11H12N2O/c14-10-7-12-6-9-3-1-2-8-4-5-13(10)11(8)9/h3-5,12H,1-2,6-7H2. The lowest BCUT2D eigenvalue weighted by molar-refractivity contribution is 0.0916. The van der Waals surface area contributed by atoms with Crippen molar-refractivity contribution in [3.05, 3.63) is 29.6 Å². The summed E-state index contributed by atoms with van der Waals surface area (Å²) in [6.45, 7) is 1.27. The molecule has 0 saturated carbocycles. The Bertz CT molecular complexity index is 428. The molecule has 14 heavy (non-hydrogen) atoms. The van der Waals surface area contributed by atoms with Crippen molar-refractivity contribution in [3.63, 3.8) is 0 Å². The van der Waals surface area contributed by atoms with E-state index in [9.17, 15) is 4.79 Å². The Morgan fingerprint density at radius 2 is 2.29 bits per heavy atom. The average molecular weight is 188 g/mol. The van der Waals surface area contributed by atoms with E-state index in [1.54, 1.807) is 4.57 Å². The number of aromatic nitrogens is 1. The third-order valence-corrected chi connectivity index (χ3v) is 2.94. The third kappa shape index (κ3) is 0.990. The van der Waals surface area contributed by atoms with E-state index in [1.165, 1.54) is 11.1 Å². The first-order valence-corrected chi connectivity index (χ1v) is 5.00. The lowest BCUT2D eigenvalue weighted by atomic mass is 9.97. The van der Waals surface area contributed by atoms with Crippen LogP contribution in [-0.2, 0) is 6.42 Å². The largest absolute Gasteiger partial charge is 0.304 e. The quantitative estimate of drug-likeness (QED) is 0.660. The summed E-state index contributed by atoms with van der Waals surface area (Å²) in [6, 6.07) is 2.07. The zero-order valence-corrected chi connectivity index (χ0v) is 7.92. The van der Waals surface area contributed by atoms with E-state index in [0.717, 1.165) is 25.1 Å². The summed E-state index contributed by atoms with van der Waals surface area (Å²) in [5.41, 5.74) is 3.74. The predicted molar refractivity (Wildman–Crippen MR) is 54.2 cm³/mol. The first-order chi connectivity index (χ1) is 6.86. The van der Waals surface area contributed by atoms with Gasteiger partial charge in [0, 0.05) is 12.7 Å². The molecule has 72 valence electrons. The SMILES string of the molecule is O=C1CNCC2=CCCc3ccn1c32. The van der Waals surface area contributed by atoms with Gasteiger partial charge in [0.15, 0.2) is 0 Å². The molecule has 2 aliphatic rings. The molecule has 3 nitrogen and oxygen atoms in total. The van der Waals surface area contributed by atoms with Crippen molar-refractivity contribution in [3.8, 4) is 0 Å². The fourth-order valence-corrected chi connectivity index (χ4v) is 2.29. The third-order valence-electron chi connectivity index (χ3n) is 2.94. The van der Waals surface area contributed by atoms with Crippen molar-refractivity contribution in [1.29, 1.82) is 0 Å². The maximum absolute atomic E-state index is 11.7. The highest BCUT2D eigenvalue weighted by atomic mass is 16.2. The number of hydrogen-bond donors (Lipinski definition) is 1. The summed E-state index contributed by atoms with van der Waals surface area (Å²) in [5.74, 6) is 0.150. The van der Waals surface area contributed by atoms with Crippen molar-refractivity contribution >= 4 is 11.5 Å². The van der Waals surface area contributed by atoms with Gasteiger partial charge in [-0.3, -0.25) is 9.36 Å². The van der Waals surface area contributed by atoms with Crippen LogP contribution >= 0.6 is 0 Å². The second-order valence-corrected chi connectivity index (χ2v) is 3.82. The minimum Gasteiger partial charge on any atom is -0.304 e. The van der Waals surface area contributed by atoms with E-state index in [4.69, 9.17) is 0 Å². The monoisotopic (exact) mass is 188 g/mol. The Labute approximate surface area is 82.4 Å². The molecular weight excluding hydrogens is 176 g/mol. The number of aryl methyl sites for hydroxylation is 1. The smallest absolute Gasteiger partial charge is 0.245 e. The fourth-order valence-electron chi connectivity index (χ4n) is 2.29. The van der Waals surface area contributed by atoms with Gasteiger partial charge in [-0.1, -0.05) is 6.08 Å². The highest BCUT2D eigenvalue weighted by Crippen LogP contribution is 2.27. The van der Waals surface area contributed by atoms with E-state index in [2.05, 4.69) is 17.5 Å². The minimum atomic E-state index is 0.150. The number of hydrogen-bond acceptors (Lipinski definition) is 2. The lowest BCUT2D eigenvalue weighted by Crippen LogP contribution is -2.23. The molecule has 0 saturated heterocycles. The molecular formula is C11H12N2O. The Balaban J connectivity index is 2.24. The van der Waals surface area contributed by atoms with E-state index in [-0.39, 0.29) is 5.91 Å². The molecule has 1 aliphatic heterocycles. The maximum Gasteiger partial charge on any atom is 0.245 e. The van der Waals surface area contributed by atoms with Crippen LogP contribution in [0.3, 0.4) is 0 Å². The number of rotatable bonds is 0. The van der Waals surface area contributed by atoms with Crippen molar-refractivity contribution in [2.75, 3.05) is 13.1 Å².